The Balaban J connectivity index is 2.22. The van der Waals surface area contributed by atoms with Crippen LogP contribution in [0.3, 0.4) is 0 Å². The molecule has 1 aliphatic heterocycles. The van der Waals surface area contributed by atoms with Crippen LogP contribution in [0.1, 0.15) is 33.1 Å². The maximum Gasteiger partial charge on any atom is 0.305 e. The lowest BCUT2D eigenvalue weighted by molar-refractivity contribution is -0.137. The standard InChI is InChI=1S/C18H23N3O4/c1-13(2)12-20(11-10-17(23)24)18(25)15-8-9-16(22)21(19-15)14-6-4-3-5-7-14/h3-7,13H,8-12H2,1-2H3,(H,23,24). The predicted octanol–water partition coefficient (Wildman–Crippen LogP) is 2.13. The second kappa shape index (κ2) is 8.41. The monoisotopic (exact) mass is 345 g/mol. The lowest BCUT2D eigenvalue weighted by atomic mass is 10.1. The second-order valence-corrected chi connectivity index (χ2v) is 6.38. The van der Waals surface area contributed by atoms with E-state index >= 15 is 0 Å². The Hall–Kier alpha value is -2.70. The third kappa shape index (κ3) is 5.14. The van der Waals surface area contributed by atoms with Crippen molar-refractivity contribution in [3.63, 3.8) is 0 Å². The minimum Gasteiger partial charge on any atom is -0.481 e. The number of carbonyl (C=O) groups excluding carboxylic acids is 2. The molecule has 2 rings (SSSR count). The number of rotatable bonds is 7. The van der Waals surface area contributed by atoms with Crippen molar-refractivity contribution < 1.29 is 19.5 Å². The zero-order chi connectivity index (χ0) is 18.4. The number of hydrogen-bond acceptors (Lipinski definition) is 4. The topological polar surface area (TPSA) is 90.3 Å². The van der Waals surface area contributed by atoms with Crippen molar-refractivity contribution in [2.45, 2.75) is 33.1 Å². The molecule has 0 fully saturated rings. The summed E-state index contributed by atoms with van der Waals surface area (Å²) in [6, 6.07) is 8.94. The summed E-state index contributed by atoms with van der Waals surface area (Å²) in [6.07, 6.45) is 0.351. The molecule has 0 saturated heterocycles. The first-order chi connectivity index (χ1) is 11.9. The van der Waals surface area contributed by atoms with Gasteiger partial charge in [0.05, 0.1) is 12.1 Å². The summed E-state index contributed by atoms with van der Waals surface area (Å²) < 4.78 is 0. The summed E-state index contributed by atoms with van der Waals surface area (Å²) in [4.78, 5) is 37.3. The maximum atomic E-state index is 12.8. The molecule has 1 aliphatic rings. The summed E-state index contributed by atoms with van der Waals surface area (Å²) >= 11 is 0. The Morgan fingerprint density at radius 2 is 1.92 bits per heavy atom. The van der Waals surface area contributed by atoms with E-state index in [1.165, 1.54) is 9.91 Å². The van der Waals surface area contributed by atoms with E-state index in [4.69, 9.17) is 5.11 Å². The summed E-state index contributed by atoms with van der Waals surface area (Å²) in [6.45, 7) is 4.50. The number of hydrazone groups is 1. The largest absolute Gasteiger partial charge is 0.481 e. The van der Waals surface area contributed by atoms with E-state index in [-0.39, 0.29) is 49.3 Å². The molecule has 1 aromatic carbocycles. The minimum atomic E-state index is -0.951. The average Bonchev–Trinajstić information content (AvgIpc) is 2.58. The van der Waals surface area contributed by atoms with Gasteiger partial charge in [-0.05, 0) is 18.1 Å². The number of carboxylic acid groups (broad SMARTS) is 1. The Kier molecular flexibility index (Phi) is 6.27. The van der Waals surface area contributed by atoms with Gasteiger partial charge < -0.3 is 10.0 Å². The van der Waals surface area contributed by atoms with Crippen LogP contribution < -0.4 is 5.01 Å². The van der Waals surface area contributed by atoms with Crippen LogP contribution in [0.5, 0.6) is 0 Å². The van der Waals surface area contributed by atoms with E-state index in [9.17, 15) is 14.4 Å². The third-order valence-electron chi connectivity index (χ3n) is 3.75. The fraction of sp³-hybridized carbons (Fsp3) is 0.444. The molecule has 0 atom stereocenters. The molecule has 7 nitrogen and oxygen atoms in total. The molecular formula is C18H23N3O4. The van der Waals surface area contributed by atoms with Crippen molar-refractivity contribution in [1.29, 1.82) is 0 Å². The lowest BCUT2D eigenvalue weighted by Gasteiger charge is -2.28. The molecule has 1 heterocycles. The zero-order valence-corrected chi connectivity index (χ0v) is 14.5. The number of carbonyl (C=O) groups is 3. The number of amides is 2. The molecular weight excluding hydrogens is 322 g/mol. The molecule has 2 amide bonds. The molecule has 0 spiro atoms. The fourth-order valence-electron chi connectivity index (χ4n) is 2.61. The zero-order valence-electron chi connectivity index (χ0n) is 14.5. The van der Waals surface area contributed by atoms with Crippen LogP contribution in [0, 0.1) is 5.92 Å². The van der Waals surface area contributed by atoms with Crippen molar-refractivity contribution >= 4 is 29.2 Å². The fourth-order valence-corrected chi connectivity index (χ4v) is 2.61. The summed E-state index contributed by atoms with van der Waals surface area (Å²) in [5.41, 5.74) is 0.896. The van der Waals surface area contributed by atoms with Gasteiger partial charge in [0.2, 0.25) is 5.91 Å². The van der Waals surface area contributed by atoms with Crippen molar-refractivity contribution in [2.75, 3.05) is 18.1 Å². The summed E-state index contributed by atoms with van der Waals surface area (Å²) in [7, 11) is 0. The van der Waals surface area contributed by atoms with Crippen LogP contribution in [0.15, 0.2) is 35.4 Å². The van der Waals surface area contributed by atoms with Gasteiger partial charge in [0.25, 0.3) is 5.91 Å². The van der Waals surface area contributed by atoms with E-state index in [0.717, 1.165) is 0 Å². The van der Waals surface area contributed by atoms with Gasteiger partial charge in [0.15, 0.2) is 0 Å². The van der Waals surface area contributed by atoms with Gasteiger partial charge in [-0.2, -0.15) is 5.10 Å². The first-order valence-electron chi connectivity index (χ1n) is 8.35. The van der Waals surface area contributed by atoms with Gasteiger partial charge >= 0.3 is 5.97 Å². The maximum absolute atomic E-state index is 12.8. The Labute approximate surface area is 146 Å². The summed E-state index contributed by atoms with van der Waals surface area (Å²) in [5.74, 6) is -1.21. The number of para-hydroxylation sites is 1. The highest BCUT2D eigenvalue weighted by molar-refractivity contribution is 6.40. The van der Waals surface area contributed by atoms with Crippen molar-refractivity contribution in [1.82, 2.24) is 4.90 Å². The highest BCUT2D eigenvalue weighted by Crippen LogP contribution is 2.20. The normalized spacial score (nSPS) is 14.4. The van der Waals surface area contributed by atoms with Crippen LogP contribution in [0.2, 0.25) is 0 Å². The molecule has 0 bridgehead atoms. The number of anilines is 1. The molecule has 1 aromatic rings. The quantitative estimate of drug-likeness (QED) is 0.819. The molecule has 0 aromatic heterocycles. The minimum absolute atomic E-state index is 0.118. The Bertz CT molecular complexity index is 670. The first kappa shape index (κ1) is 18.6. The van der Waals surface area contributed by atoms with Crippen molar-refractivity contribution in [3.8, 4) is 0 Å². The first-order valence-corrected chi connectivity index (χ1v) is 8.35. The molecule has 0 radical (unpaired) electrons. The Morgan fingerprint density at radius 1 is 1.24 bits per heavy atom. The molecule has 0 unspecified atom stereocenters. The van der Waals surface area contributed by atoms with Crippen LogP contribution in [0.25, 0.3) is 0 Å². The van der Waals surface area contributed by atoms with Crippen molar-refractivity contribution in [2.24, 2.45) is 11.0 Å². The van der Waals surface area contributed by atoms with E-state index in [2.05, 4.69) is 5.10 Å². The van der Waals surface area contributed by atoms with Crippen LogP contribution in [-0.2, 0) is 14.4 Å². The number of carboxylic acids is 1. The van der Waals surface area contributed by atoms with E-state index < -0.39 is 5.97 Å². The average molecular weight is 345 g/mol. The van der Waals surface area contributed by atoms with Gasteiger partial charge in [-0.3, -0.25) is 14.4 Å². The third-order valence-corrected chi connectivity index (χ3v) is 3.75. The predicted molar refractivity (Wildman–Crippen MR) is 94.3 cm³/mol. The molecule has 7 heteroatoms. The lowest BCUT2D eigenvalue weighted by Crippen LogP contribution is -2.43. The number of aliphatic carboxylic acids is 1. The van der Waals surface area contributed by atoms with Crippen LogP contribution >= 0.6 is 0 Å². The molecule has 0 aliphatic carbocycles. The van der Waals surface area contributed by atoms with E-state index in [1.54, 1.807) is 24.3 Å². The van der Waals surface area contributed by atoms with E-state index in [0.29, 0.717) is 12.2 Å². The molecule has 25 heavy (non-hydrogen) atoms. The number of nitrogens with zero attached hydrogens (tertiary/aromatic N) is 3. The van der Waals surface area contributed by atoms with Gasteiger partial charge in [0, 0.05) is 25.9 Å². The SMILES string of the molecule is CC(C)CN(CCC(=O)O)C(=O)C1=NN(c2ccccc2)C(=O)CC1. The molecule has 0 saturated carbocycles. The van der Waals surface area contributed by atoms with Gasteiger partial charge in [-0.15, -0.1) is 0 Å². The Morgan fingerprint density at radius 3 is 2.52 bits per heavy atom. The second-order valence-electron chi connectivity index (χ2n) is 6.38. The molecule has 134 valence electrons. The van der Waals surface area contributed by atoms with Crippen molar-refractivity contribution in [3.05, 3.63) is 30.3 Å². The molecule has 1 N–H and O–H groups in total. The smallest absolute Gasteiger partial charge is 0.305 e. The van der Waals surface area contributed by atoms with Gasteiger partial charge in [-0.25, -0.2) is 5.01 Å². The van der Waals surface area contributed by atoms with E-state index in [1.807, 2.05) is 19.9 Å². The van der Waals surface area contributed by atoms with Crippen LogP contribution in [0.4, 0.5) is 5.69 Å². The number of hydrogen-bond donors (Lipinski definition) is 1. The van der Waals surface area contributed by atoms with Gasteiger partial charge in [-0.1, -0.05) is 32.0 Å². The number of benzene rings is 1. The highest BCUT2D eigenvalue weighted by Gasteiger charge is 2.28. The highest BCUT2D eigenvalue weighted by atomic mass is 16.4. The van der Waals surface area contributed by atoms with Crippen LogP contribution in [-0.4, -0.2) is 46.6 Å². The summed E-state index contributed by atoms with van der Waals surface area (Å²) in [5, 5.41) is 14.4. The van der Waals surface area contributed by atoms with Gasteiger partial charge in [0.1, 0.15) is 5.71 Å².